The first-order valence-electron chi connectivity index (χ1n) is 3.92. The maximum atomic E-state index is 8.81. The Morgan fingerprint density at radius 1 is 1.15 bits per heavy atom. The Balaban J connectivity index is 0. The molecule has 0 heterocycles. The van der Waals surface area contributed by atoms with Crippen LogP contribution in [0.4, 0.5) is 0 Å². The molecule has 2 heteroatoms. The predicted molar refractivity (Wildman–Crippen MR) is 54.8 cm³/mol. The highest BCUT2D eigenvalue weighted by Gasteiger charge is 1.80. The summed E-state index contributed by atoms with van der Waals surface area (Å²) in [4.78, 5) is 16.8. The Kier molecular flexibility index (Phi) is 11.5. The van der Waals surface area contributed by atoms with Gasteiger partial charge in [-0.15, -0.1) is 0 Å². The third-order valence-electron chi connectivity index (χ3n) is 1.17. The molecule has 0 unspecified atom stereocenters. The van der Waals surface area contributed by atoms with Crippen molar-refractivity contribution in [1.82, 2.24) is 0 Å². The van der Waals surface area contributed by atoms with E-state index < -0.39 is 0 Å². The maximum absolute atomic E-state index is 8.81. The van der Waals surface area contributed by atoms with E-state index >= 15 is 0 Å². The normalized spacial score (nSPS) is 7.00. The molecule has 0 radical (unpaired) electrons. The van der Waals surface area contributed by atoms with Gasteiger partial charge in [-0.05, 0) is 20.8 Å². The van der Waals surface area contributed by atoms with Gasteiger partial charge in [0, 0.05) is 0 Å². The molecular formula is C11H16O2. The fraction of sp³-hybridized carbons (Fsp3) is 0.273. The number of rotatable bonds is 0. The van der Waals surface area contributed by atoms with Crippen molar-refractivity contribution in [3.63, 3.8) is 0 Å². The molecule has 0 saturated heterocycles. The smallest absolute Gasteiger partial charge is 0.116 e. The van der Waals surface area contributed by atoms with Crippen LogP contribution in [-0.4, -0.2) is 13.1 Å². The molecule has 1 aromatic carbocycles. The van der Waals surface area contributed by atoms with Gasteiger partial charge in [-0.25, -0.2) is 0 Å². The average Bonchev–Trinajstić information content (AvgIpc) is 2.08. The first kappa shape index (κ1) is 14.1. The topological polar surface area (TPSA) is 34.1 Å². The van der Waals surface area contributed by atoms with Crippen molar-refractivity contribution in [2.24, 2.45) is 0 Å². The van der Waals surface area contributed by atoms with Crippen LogP contribution in [-0.2, 0) is 9.59 Å². The van der Waals surface area contributed by atoms with E-state index in [1.807, 2.05) is 6.79 Å². The van der Waals surface area contributed by atoms with Crippen LogP contribution in [0.2, 0.25) is 0 Å². The summed E-state index contributed by atoms with van der Waals surface area (Å²) in [7, 11) is 0. The number of carbonyl (C=O) groups is 2. The van der Waals surface area contributed by atoms with E-state index in [4.69, 9.17) is 9.59 Å². The van der Waals surface area contributed by atoms with Gasteiger partial charge in [0.2, 0.25) is 0 Å². The van der Waals surface area contributed by atoms with Gasteiger partial charge in [-0.1, -0.05) is 35.4 Å². The van der Waals surface area contributed by atoms with Gasteiger partial charge in [0.1, 0.15) is 13.1 Å². The highest BCUT2D eigenvalue weighted by Crippen LogP contribution is 2.00. The lowest BCUT2D eigenvalue weighted by atomic mass is 10.2. The molecule has 72 valence electrons. The number of aldehydes is 1. The molecule has 0 aliphatic rings. The van der Waals surface area contributed by atoms with Crippen molar-refractivity contribution < 1.29 is 9.59 Å². The molecule has 0 N–H and O–H groups in total. The van der Waals surface area contributed by atoms with Crippen LogP contribution in [0.25, 0.3) is 0 Å². The van der Waals surface area contributed by atoms with Gasteiger partial charge in [0.05, 0.1) is 0 Å². The first-order valence-corrected chi connectivity index (χ1v) is 3.92. The van der Waals surface area contributed by atoms with Crippen molar-refractivity contribution in [2.45, 2.75) is 20.8 Å². The zero-order chi connectivity index (χ0) is 10.7. The van der Waals surface area contributed by atoms with E-state index in [0.29, 0.717) is 0 Å². The number of carbonyl (C=O) groups excluding carboxylic acids is 2. The van der Waals surface area contributed by atoms with Crippen LogP contribution in [0.3, 0.4) is 0 Å². The predicted octanol–water partition coefficient (Wildman–Crippen LogP) is 2.32. The largest absolute Gasteiger partial charge is 0.307 e. The molecule has 0 spiro atoms. The van der Waals surface area contributed by atoms with Crippen molar-refractivity contribution in [2.75, 3.05) is 0 Å². The minimum Gasteiger partial charge on any atom is -0.307 e. The molecule has 1 aromatic rings. The molecule has 1 rings (SSSR count). The Morgan fingerprint density at radius 2 is 1.46 bits per heavy atom. The summed E-state index contributed by atoms with van der Waals surface area (Å²) in [5, 5.41) is 0. The zero-order valence-electron chi connectivity index (χ0n) is 8.41. The Hall–Kier alpha value is -1.44. The molecule has 0 amide bonds. The summed E-state index contributed by atoms with van der Waals surface area (Å²) in [5.41, 5.74) is 2.68. The van der Waals surface area contributed by atoms with Crippen LogP contribution >= 0.6 is 0 Å². The molecule has 0 aliphatic heterocycles. The van der Waals surface area contributed by atoms with Gasteiger partial charge in [-0.2, -0.15) is 0 Å². The van der Waals surface area contributed by atoms with Crippen LogP contribution < -0.4 is 0 Å². The van der Waals surface area contributed by atoms with Crippen molar-refractivity contribution in [3.8, 4) is 0 Å². The van der Waals surface area contributed by atoms with Gasteiger partial charge in [0.15, 0.2) is 0 Å². The van der Waals surface area contributed by atoms with E-state index in [-0.39, 0.29) is 0 Å². The van der Waals surface area contributed by atoms with E-state index in [1.54, 1.807) is 0 Å². The standard InChI is InChI=1S/C8H10.C2H4O.CH2O/c1-7-4-3-5-8(2)6-7;1-2-3;1-2/h3-6H,1-2H3;2H,1H3;1H2. The lowest BCUT2D eigenvalue weighted by Crippen LogP contribution is -1.71. The molecule has 0 bridgehead atoms. The first-order chi connectivity index (χ1) is 6.20. The molecule has 0 aromatic heterocycles. The van der Waals surface area contributed by atoms with Gasteiger partial charge < -0.3 is 9.59 Å². The minimum absolute atomic E-state index is 0.750. The molecule has 0 fully saturated rings. The van der Waals surface area contributed by atoms with Crippen LogP contribution in [0.15, 0.2) is 24.3 Å². The number of hydrogen-bond acceptors (Lipinski definition) is 2. The van der Waals surface area contributed by atoms with Crippen LogP contribution in [0.5, 0.6) is 0 Å². The lowest BCUT2D eigenvalue weighted by Gasteiger charge is -1.90. The lowest BCUT2D eigenvalue weighted by molar-refractivity contribution is -0.106. The van der Waals surface area contributed by atoms with E-state index in [2.05, 4.69) is 38.1 Å². The van der Waals surface area contributed by atoms with Gasteiger partial charge in [0.25, 0.3) is 0 Å². The fourth-order valence-corrected chi connectivity index (χ4v) is 0.807. The van der Waals surface area contributed by atoms with Gasteiger partial charge >= 0.3 is 0 Å². The van der Waals surface area contributed by atoms with E-state index in [1.165, 1.54) is 18.1 Å². The molecule has 2 nitrogen and oxygen atoms in total. The second-order valence-corrected chi connectivity index (χ2v) is 2.39. The monoisotopic (exact) mass is 180 g/mol. The van der Waals surface area contributed by atoms with E-state index in [0.717, 1.165) is 6.29 Å². The summed E-state index contributed by atoms with van der Waals surface area (Å²) in [6.07, 6.45) is 0.750. The summed E-state index contributed by atoms with van der Waals surface area (Å²) in [5.74, 6) is 0. The summed E-state index contributed by atoms with van der Waals surface area (Å²) in [6, 6.07) is 8.45. The fourth-order valence-electron chi connectivity index (χ4n) is 0.807. The van der Waals surface area contributed by atoms with Gasteiger partial charge in [-0.3, -0.25) is 0 Å². The molecular weight excluding hydrogens is 164 g/mol. The van der Waals surface area contributed by atoms with E-state index in [9.17, 15) is 0 Å². The maximum Gasteiger partial charge on any atom is 0.116 e. The zero-order valence-corrected chi connectivity index (χ0v) is 8.41. The number of aryl methyl sites for hydroxylation is 2. The minimum atomic E-state index is 0.750. The van der Waals surface area contributed by atoms with Crippen molar-refractivity contribution in [3.05, 3.63) is 35.4 Å². The second-order valence-electron chi connectivity index (χ2n) is 2.39. The third kappa shape index (κ3) is 10.6. The number of benzene rings is 1. The van der Waals surface area contributed by atoms with Crippen molar-refractivity contribution >= 4 is 13.1 Å². The SMILES string of the molecule is C=O.CC=O.Cc1cccc(C)c1. The Labute approximate surface area is 79.6 Å². The van der Waals surface area contributed by atoms with Crippen LogP contribution in [0, 0.1) is 13.8 Å². The molecule has 0 aliphatic carbocycles. The molecule has 13 heavy (non-hydrogen) atoms. The second kappa shape index (κ2) is 10.6. The average molecular weight is 180 g/mol. The Bertz CT molecular complexity index is 214. The highest BCUT2D eigenvalue weighted by atomic mass is 16.1. The molecule has 0 saturated carbocycles. The summed E-state index contributed by atoms with van der Waals surface area (Å²) < 4.78 is 0. The number of hydrogen-bond donors (Lipinski definition) is 0. The third-order valence-corrected chi connectivity index (χ3v) is 1.17. The summed E-state index contributed by atoms with van der Waals surface area (Å²) >= 11 is 0. The molecule has 0 atom stereocenters. The quantitative estimate of drug-likeness (QED) is 0.574. The Morgan fingerprint density at radius 3 is 1.62 bits per heavy atom. The van der Waals surface area contributed by atoms with Crippen molar-refractivity contribution in [1.29, 1.82) is 0 Å². The summed E-state index contributed by atoms with van der Waals surface area (Å²) in [6.45, 7) is 7.65. The van der Waals surface area contributed by atoms with Crippen LogP contribution in [0.1, 0.15) is 18.1 Å². The highest BCUT2D eigenvalue weighted by molar-refractivity contribution is 5.44.